The molecule has 0 radical (unpaired) electrons. The molecule has 2 atom stereocenters. The summed E-state index contributed by atoms with van der Waals surface area (Å²) < 4.78 is 0. The quantitative estimate of drug-likeness (QED) is 0.596. The summed E-state index contributed by atoms with van der Waals surface area (Å²) in [7, 11) is 7.86. The van der Waals surface area contributed by atoms with E-state index in [1.54, 1.807) is 0 Å². The number of rotatable bonds is 7. The number of hydrogen-bond acceptors (Lipinski definition) is 4. The molecule has 0 spiro atoms. The van der Waals surface area contributed by atoms with Gasteiger partial charge in [-0.15, -0.1) is 0 Å². The molecule has 2 unspecified atom stereocenters. The minimum atomic E-state index is 0.159. The Morgan fingerprint density at radius 1 is 0.781 bits per heavy atom. The molecule has 0 aliphatic carbocycles. The largest absolute Gasteiger partial charge is 0.342 e. The van der Waals surface area contributed by atoms with Crippen molar-refractivity contribution in [2.75, 3.05) is 60.9 Å². The second-order valence-corrected chi connectivity index (χ2v) is 12.7. The SMILES string of the molecule is CN(C)CC(=O)N1CCC(C(C)(C)CC2CCC(C(C)(C)C)CN2C(=O)CN(C)C)CC1. The highest BCUT2D eigenvalue weighted by molar-refractivity contribution is 5.79. The zero-order valence-electron chi connectivity index (χ0n) is 22.4. The van der Waals surface area contributed by atoms with Crippen LogP contribution >= 0.6 is 0 Å². The highest BCUT2D eigenvalue weighted by atomic mass is 16.2. The molecule has 2 saturated heterocycles. The lowest BCUT2D eigenvalue weighted by molar-refractivity contribution is -0.140. The van der Waals surface area contributed by atoms with Crippen molar-refractivity contribution in [3.8, 4) is 0 Å². The maximum atomic E-state index is 13.2. The first-order valence-electron chi connectivity index (χ1n) is 12.6. The van der Waals surface area contributed by atoms with Crippen LogP contribution in [0.15, 0.2) is 0 Å². The van der Waals surface area contributed by atoms with Crippen LogP contribution in [-0.4, -0.2) is 98.4 Å². The summed E-state index contributed by atoms with van der Waals surface area (Å²) in [5.74, 6) is 1.66. The van der Waals surface area contributed by atoms with E-state index >= 15 is 0 Å². The Bertz CT molecular complexity index is 630. The van der Waals surface area contributed by atoms with E-state index in [0.29, 0.717) is 31.0 Å². The third-order valence-electron chi connectivity index (χ3n) is 7.87. The lowest BCUT2D eigenvalue weighted by Gasteiger charge is -2.49. The van der Waals surface area contributed by atoms with Gasteiger partial charge in [0.1, 0.15) is 0 Å². The first-order valence-corrected chi connectivity index (χ1v) is 12.6. The van der Waals surface area contributed by atoms with Crippen molar-refractivity contribution in [1.29, 1.82) is 0 Å². The zero-order valence-corrected chi connectivity index (χ0v) is 22.4. The summed E-state index contributed by atoms with van der Waals surface area (Å²) in [6, 6.07) is 0.324. The molecule has 32 heavy (non-hydrogen) atoms. The van der Waals surface area contributed by atoms with Crippen molar-refractivity contribution in [3.05, 3.63) is 0 Å². The van der Waals surface area contributed by atoms with Crippen LogP contribution in [0.1, 0.15) is 66.7 Å². The highest BCUT2D eigenvalue weighted by Crippen LogP contribution is 2.43. The van der Waals surface area contributed by atoms with Gasteiger partial charge < -0.3 is 19.6 Å². The smallest absolute Gasteiger partial charge is 0.236 e. The Morgan fingerprint density at radius 2 is 1.31 bits per heavy atom. The molecule has 0 aromatic carbocycles. The van der Waals surface area contributed by atoms with Gasteiger partial charge in [-0.1, -0.05) is 34.6 Å². The van der Waals surface area contributed by atoms with E-state index in [-0.39, 0.29) is 22.6 Å². The lowest BCUT2D eigenvalue weighted by atomic mass is 9.67. The van der Waals surface area contributed by atoms with Crippen LogP contribution in [0.25, 0.3) is 0 Å². The van der Waals surface area contributed by atoms with Crippen molar-refractivity contribution in [2.45, 2.75) is 72.8 Å². The van der Waals surface area contributed by atoms with E-state index in [2.05, 4.69) is 39.5 Å². The Kier molecular flexibility index (Phi) is 9.20. The van der Waals surface area contributed by atoms with E-state index in [1.165, 1.54) is 6.42 Å². The molecule has 0 aromatic rings. The number of amides is 2. The van der Waals surface area contributed by atoms with Gasteiger partial charge in [-0.25, -0.2) is 0 Å². The molecule has 2 heterocycles. The van der Waals surface area contributed by atoms with Gasteiger partial charge in [0.2, 0.25) is 11.8 Å². The fraction of sp³-hybridized carbons (Fsp3) is 0.923. The molecule has 2 fully saturated rings. The number of likely N-dealkylation sites (tertiary alicyclic amines) is 2. The third kappa shape index (κ3) is 7.44. The van der Waals surface area contributed by atoms with Gasteiger partial charge in [-0.05, 0) is 83.0 Å². The number of nitrogens with zero attached hydrogens (tertiary/aromatic N) is 4. The summed E-state index contributed by atoms with van der Waals surface area (Å²) in [6.07, 6.45) is 5.49. The maximum Gasteiger partial charge on any atom is 0.236 e. The van der Waals surface area contributed by atoms with Gasteiger partial charge in [-0.3, -0.25) is 9.59 Å². The fourth-order valence-electron chi connectivity index (χ4n) is 5.67. The van der Waals surface area contributed by atoms with Gasteiger partial charge >= 0.3 is 0 Å². The predicted octanol–water partition coefficient (Wildman–Crippen LogP) is 3.42. The third-order valence-corrected chi connectivity index (χ3v) is 7.87. The van der Waals surface area contributed by atoms with E-state index < -0.39 is 0 Å². The average molecular weight is 451 g/mol. The first-order chi connectivity index (χ1) is 14.7. The maximum absolute atomic E-state index is 13.2. The first kappa shape index (κ1) is 27.1. The Labute approximate surface area is 197 Å². The summed E-state index contributed by atoms with van der Waals surface area (Å²) >= 11 is 0. The molecular formula is C26H50N4O2. The average Bonchev–Trinajstić information content (AvgIpc) is 2.66. The summed E-state index contributed by atoms with van der Waals surface area (Å²) in [5.41, 5.74) is 0.385. The molecule has 6 nitrogen and oxygen atoms in total. The van der Waals surface area contributed by atoms with Crippen LogP contribution in [0.5, 0.6) is 0 Å². The minimum absolute atomic E-state index is 0.159. The molecule has 2 aliphatic heterocycles. The molecule has 186 valence electrons. The van der Waals surface area contributed by atoms with Crippen molar-refractivity contribution in [1.82, 2.24) is 19.6 Å². The van der Waals surface area contributed by atoms with Gasteiger partial charge in [0, 0.05) is 25.7 Å². The predicted molar refractivity (Wildman–Crippen MR) is 132 cm³/mol. The van der Waals surface area contributed by atoms with Gasteiger partial charge in [0.25, 0.3) is 0 Å². The molecule has 6 heteroatoms. The van der Waals surface area contributed by atoms with Gasteiger partial charge in [0.15, 0.2) is 0 Å². The summed E-state index contributed by atoms with van der Waals surface area (Å²) in [6.45, 7) is 15.3. The summed E-state index contributed by atoms with van der Waals surface area (Å²) in [4.78, 5) is 33.8. The zero-order chi connectivity index (χ0) is 24.3. The van der Waals surface area contributed by atoms with Gasteiger partial charge in [0.05, 0.1) is 13.1 Å². The fourth-order valence-corrected chi connectivity index (χ4v) is 5.67. The van der Waals surface area contributed by atoms with Crippen LogP contribution in [0.3, 0.4) is 0 Å². The van der Waals surface area contributed by atoms with Gasteiger partial charge in [-0.2, -0.15) is 0 Å². The Morgan fingerprint density at radius 3 is 1.81 bits per heavy atom. The topological polar surface area (TPSA) is 47.1 Å². The number of piperidine rings is 2. The van der Waals surface area contributed by atoms with Crippen LogP contribution < -0.4 is 0 Å². The second kappa shape index (κ2) is 10.9. The van der Waals surface area contributed by atoms with E-state index in [1.807, 2.05) is 42.9 Å². The van der Waals surface area contributed by atoms with Crippen LogP contribution in [0.4, 0.5) is 0 Å². The summed E-state index contributed by atoms with van der Waals surface area (Å²) in [5, 5.41) is 0. The lowest BCUT2D eigenvalue weighted by Crippen LogP contribution is -2.53. The number of likely N-dealkylation sites (N-methyl/N-ethyl adjacent to an activating group) is 2. The van der Waals surface area contributed by atoms with Crippen LogP contribution in [0, 0.1) is 22.7 Å². The van der Waals surface area contributed by atoms with E-state index in [9.17, 15) is 9.59 Å². The van der Waals surface area contributed by atoms with Crippen molar-refractivity contribution < 1.29 is 9.59 Å². The molecule has 0 N–H and O–H groups in total. The molecule has 2 rings (SSSR count). The Hall–Kier alpha value is -1.14. The minimum Gasteiger partial charge on any atom is -0.342 e. The molecule has 2 amide bonds. The van der Waals surface area contributed by atoms with Crippen molar-refractivity contribution >= 4 is 11.8 Å². The molecule has 0 bridgehead atoms. The highest BCUT2D eigenvalue weighted by Gasteiger charge is 2.41. The standard InChI is InChI=1S/C26H50N4O2/c1-25(2,3)21-10-11-22(30(17-21)24(32)19-28(8)9)16-26(4,5)20-12-14-29(15-13-20)23(31)18-27(6)7/h20-22H,10-19H2,1-9H3. The van der Waals surface area contributed by atoms with Crippen LogP contribution in [-0.2, 0) is 9.59 Å². The second-order valence-electron chi connectivity index (χ2n) is 12.7. The van der Waals surface area contributed by atoms with E-state index in [4.69, 9.17) is 0 Å². The molecule has 2 aliphatic rings. The van der Waals surface area contributed by atoms with Crippen molar-refractivity contribution in [2.24, 2.45) is 22.7 Å². The van der Waals surface area contributed by atoms with Crippen molar-refractivity contribution in [3.63, 3.8) is 0 Å². The normalized spacial score (nSPS) is 23.8. The van der Waals surface area contributed by atoms with Crippen LogP contribution in [0.2, 0.25) is 0 Å². The molecule has 0 saturated carbocycles. The molecular weight excluding hydrogens is 400 g/mol. The Balaban J connectivity index is 2.04. The monoisotopic (exact) mass is 450 g/mol. The van der Waals surface area contributed by atoms with E-state index in [0.717, 1.165) is 45.3 Å². The number of hydrogen-bond donors (Lipinski definition) is 0. The number of carbonyl (C=O) groups is 2. The number of carbonyl (C=O) groups excluding carboxylic acids is 2. The molecule has 0 aromatic heterocycles.